The van der Waals surface area contributed by atoms with Crippen molar-refractivity contribution in [2.75, 3.05) is 25.1 Å². The van der Waals surface area contributed by atoms with Crippen LogP contribution in [0.5, 0.6) is 0 Å². The third-order valence-corrected chi connectivity index (χ3v) is 3.99. The van der Waals surface area contributed by atoms with Gasteiger partial charge in [-0.05, 0) is 31.5 Å². The summed E-state index contributed by atoms with van der Waals surface area (Å²) in [7, 11) is 1.91. The quantitative estimate of drug-likeness (QED) is 0.773. The molecule has 2 N–H and O–H groups in total. The lowest BCUT2D eigenvalue weighted by molar-refractivity contribution is -0.139. The number of esters is 1. The van der Waals surface area contributed by atoms with Gasteiger partial charge in [-0.25, -0.2) is 9.59 Å². The highest BCUT2D eigenvalue weighted by molar-refractivity contribution is 5.95. The molecular weight excluding hydrogens is 320 g/mol. The van der Waals surface area contributed by atoms with Gasteiger partial charge >= 0.3 is 12.0 Å². The number of nitriles is 1. The highest BCUT2D eigenvalue weighted by Gasteiger charge is 2.32. The van der Waals surface area contributed by atoms with Crippen molar-refractivity contribution in [3.63, 3.8) is 0 Å². The van der Waals surface area contributed by atoms with E-state index in [1.165, 1.54) is 0 Å². The Morgan fingerprint density at radius 1 is 1.36 bits per heavy atom. The molecule has 2 rings (SSSR count). The second-order valence-electron chi connectivity index (χ2n) is 5.71. The Morgan fingerprint density at radius 2 is 2.04 bits per heavy atom. The van der Waals surface area contributed by atoms with E-state index < -0.39 is 12.0 Å². The van der Waals surface area contributed by atoms with Gasteiger partial charge in [0, 0.05) is 25.0 Å². The van der Waals surface area contributed by atoms with Gasteiger partial charge in [-0.3, -0.25) is 0 Å². The summed E-state index contributed by atoms with van der Waals surface area (Å²) in [6.45, 7) is 4.32. The minimum Gasteiger partial charge on any atom is -0.463 e. The smallest absolute Gasteiger partial charge is 0.338 e. The Bertz CT molecular complexity index is 719. The van der Waals surface area contributed by atoms with Crippen LogP contribution in [0, 0.1) is 11.3 Å². The van der Waals surface area contributed by atoms with Crippen LogP contribution in [0.15, 0.2) is 35.5 Å². The van der Waals surface area contributed by atoms with Crippen molar-refractivity contribution in [3.8, 4) is 6.07 Å². The fourth-order valence-corrected chi connectivity index (χ4v) is 2.69. The number of hydrogen-bond acceptors (Lipinski definition) is 5. The van der Waals surface area contributed by atoms with Crippen LogP contribution in [0.25, 0.3) is 0 Å². The predicted molar refractivity (Wildman–Crippen MR) is 93.7 cm³/mol. The first-order valence-electron chi connectivity index (χ1n) is 8.11. The maximum Gasteiger partial charge on any atom is 0.338 e. The summed E-state index contributed by atoms with van der Waals surface area (Å²) >= 11 is 0. The van der Waals surface area contributed by atoms with E-state index in [9.17, 15) is 9.59 Å². The molecule has 1 unspecified atom stereocenters. The van der Waals surface area contributed by atoms with E-state index in [2.05, 4.69) is 16.7 Å². The van der Waals surface area contributed by atoms with Crippen LogP contribution >= 0.6 is 0 Å². The molecule has 0 saturated carbocycles. The van der Waals surface area contributed by atoms with Crippen LogP contribution in [0.3, 0.4) is 0 Å². The van der Waals surface area contributed by atoms with Gasteiger partial charge in [-0.1, -0.05) is 12.1 Å². The first-order valence-corrected chi connectivity index (χ1v) is 8.11. The van der Waals surface area contributed by atoms with E-state index in [0.29, 0.717) is 24.2 Å². The summed E-state index contributed by atoms with van der Waals surface area (Å²) in [5, 5.41) is 14.1. The number of urea groups is 1. The van der Waals surface area contributed by atoms with Gasteiger partial charge in [0.2, 0.25) is 0 Å². The van der Waals surface area contributed by atoms with Crippen molar-refractivity contribution in [1.82, 2.24) is 10.6 Å². The number of nitrogens with one attached hydrogen (secondary N) is 2. The Kier molecular flexibility index (Phi) is 6.01. The normalized spacial score (nSPS) is 16.6. The Balaban J connectivity index is 2.28. The highest BCUT2D eigenvalue weighted by Crippen LogP contribution is 2.29. The van der Waals surface area contributed by atoms with E-state index in [1.54, 1.807) is 13.8 Å². The minimum atomic E-state index is -0.564. The van der Waals surface area contributed by atoms with Crippen molar-refractivity contribution in [1.29, 1.82) is 5.26 Å². The summed E-state index contributed by atoms with van der Waals surface area (Å²) in [5.41, 5.74) is 2.63. The summed E-state index contributed by atoms with van der Waals surface area (Å²) in [6.07, 6.45) is 0.442. The number of carbonyl (C=O) groups excluding carboxylic acids is 2. The maximum atomic E-state index is 12.3. The van der Waals surface area contributed by atoms with Crippen LogP contribution in [-0.2, 0) is 9.53 Å². The largest absolute Gasteiger partial charge is 0.463 e. The van der Waals surface area contributed by atoms with Crippen LogP contribution in [0.4, 0.5) is 10.5 Å². The van der Waals surface area contributed by atoms with E-state index in [4.69, 9.17) is 10.00 Å². The molecule has 7 nitrogen and oxygen atoms in total. The maximum absolute atomic E-state index is 12.3. The number of nitrogens with zero attached hydrogens (tertiary/aromatic N) is 2. The molecule has 0 aliphatic carbocycles. The molecule has 25 heavy (non-hydrogen) atoms. The molecule has 0 saturated heterocycles. The Hall–Kier alpha value is -3.01. The number of rotatable bonds is 6. The molecule has 1 aliphatic heterocycles. The number of carbonyl (C=O) groups is 2. The first-order chi connectivity index (χ1) is 12.0. The average Bonchev–Trinajstić information content (AvgIpc) is 2.59. The second kappa shape index (κ2) is 8.20. The summed E-state index contributed by atoms with van der Waals surface area (Å²) in [4.78, 5) is 26.1. The van der Waals surface area contributed by atoms with E-state index in [1.807, 2.05) is 36.2 Å². The summed E-state index contributed by atoms with van der Waals surface area (Å²) in [6, 6.07) is 8.73. The monoisotopic (exact) mass is 342 g/mol. The van der Waals surface area contributed by atoms with Gasteiger partial charge in [0.25, 0.3) is 0 Å². The van der Waals surface area contributed by atoms with E-state index in [0.717, 1.165) is 11.3 Å². The van der Waals surface area contributed by atoms with Crippen LogP contribution in [-0.4, -0.2) is 32.2 Å². The molecule has 0 radical (unpaired) electrons. The highest BCUT2D eigenvalue weighted by atomic mass is 16.5. The van der Waals surface area contributed by atoms with Gasteiger partial charge in [0.15, 0.2) is 0 Å². The fourth-order valence-electron chi connectivity index (χ4n) is 2.69. The Labute approximate surface area is 147 Å². The molecule has 7 heteroatoms. The van der Waals surface area contributed by atoms with Crippen molar-refractivity contribution < 1.29 is 14.3 Å². The van der Waals surface area contributed by atoms with Crippen molar-refractivity contribution >= 4 is 17.7 Å². The standard InChI is InChI=1S/C18H22N4O3/c1-4-25-17(23)15-12(2)20-18(24)21-16(15)13-6-8-14(9-7-13)22(3)11-5-10-19/h6-9,16H,4-5,11H2,1-3H3,(H2,20,21,24). The molecule has 1 atom stereocenters. The number of hydrogen-bond donors (Lipinski definition) is 2. The summed E-state index contributed by atoms with van der Waals surface area (Å²) in [5.74, 6) is -0.451. The molecule has 0 fully saturated rings. The minimum absolute atomic E-state index is 0.263. The SMILES string of the molecule is CCOC(=O)C1=C(C)NC(=O)NC1c1ccc(N(C)CCC#N)cc1. The van der Waals surface area contributed by atoms with E-state index >= 15 is 0 Å². The molecule has 1 aromatic rings. The zero-order valence-corrected chi connectivity index (χ0v) is 14.6. The molecule has 0 spiro atoms. The Morgan fingerprint density at radius 3 is 2.64 bits per heavy atom. The molecule has 1 heterocycles. The average molecular weight is 342 g/mol. The number of anilines is 1. The van der Waals surface area contributed by atoms with Crippen molar-refractivity contribution in [2.24, 2.45) is 0 Å². The van der Waals surface area contributed by atoms with Gasteiger partial charge in [-0.2, -0.15) is 5.26 Å². The lowest BCUT2D eigenvalue weighted by Gasteiger charge is -2.28. The van der Waals surface area contributed by atoms with Gasteiger partial charge in [-0.15, -0.1) is 0 Å². The first kappa shape index (κ1) is 18.3. The zero-order valence-electron chi connectivity index (χ0n) is 14.6. The number of amides is 2. The second-order valence-corrected chi connectivity index (χ2v) is 5.71. The van der Waals surface area contributed by atoms with Gasteiger partial charge < -0.3 is 20.3 Å². The van der Waals surface area contributed by atoms with Crippen molar-refractivity contribution in [2.45, 2.75) is 26.3 Å². The third-order valence-electron chi connectivity index (χ3n) is 3.99. The molecule has 1 aliphatic rings. The number of allylic oxidation sites excluding steroid dienone is 1. The third kappa shape index (κ3) is 4.29. The predicted octanol–water partition coefficient (Wildman–Crippen LogP) is 2.23. The van der Waals surface area contributed by atoms with E-state index in [-0.39, 0.29) is 12.6 Å². The summed E-state index contributed by atoms with van der Waals surface area (Å²) < 4.78 is 5.12. The lowest BCUT2D eigenvalue weighted by Crippen LogP contribution is -2.45. The van der Waals surface area contributed by atoms with Gasteiger partial charge in [0.05, 0.1) is 30.7 Å². The van der Waals surface area contributed by atoms with Crippen LogP contribution in [0.1, 0.15) is 31.9 Å². The lowest BCUT2D eigenvalue weighted by atomic mass is 9.95. The van der Waals surface area contributed by atoms with Gasteiger partial charge in [0.1, 0.15) is 0 Å². The molecule has 1 aromatic carbocycles. The molecule has 0 aromatic heterocycles. The molecule has 132 valence electrons. The molecular formula is C18H22N4O3. The zero-order chi connectivity index (χ0) is 18.4. The number of ether oxygens (including phenoxy) is 1. The van der Waals surface area contributed by atoms with Crippen LogP contribution in [0.2, 0.25) is 0 Å². The fraction of sp³-hybridized carbons (Fsp3) is 0.389. The molecule has 0 bridgehead atoms. The van der Waals surface area contributed by atoms with Crippen molar-refractivity contribution in [3.05, 3.63) is 41.1 Å². The topological polar surface area (TPSA) is 94.5 Å². The van der Waals surface area contributed by atoms with Crippen LogP contribution < -0.4 is 15.5 Å². The number of benzene rings is 1. The molecule has 2 amide bonds.